The highest BCUT2D eigenvalue weighted by Gasteiger charge is 2.58. The van der Waals surface area contributed by atoms with Gasteiger partial charge < -0.3 is 10.4 Å². The second-order valence-electron chi connectivity index (χ2n) is 7.81. The number of fused-ring (bicyclic) bond motifs is 1. The first-order valence-electron chi connectivity index (χ1n) is 9.73. The van der Waals surface area contributed by atoms with Gasteiger partial charge in [-0.1, -0.05) is 72.1 Å². The third-order valence-corrected chi connectivity index (χ3v) is 7.31. The third kappa shape index (κ3) is 3.38. The van der Waals surface area contributed by atoms with Crippen LogP contribution in [0.4, 0.5) is 0 Å². The van der Waals surface area contributed by atoms with Crippen LogP contribution in [-0.2, 0) is 4.79 Å². The van der Waals surface area contributed by atoms with Gasteiger partial charge in [-0.05, 0) is 41.8 Å². The smallest absolute Gasteiger partial charge is 0.230 e. The minimum absolute atomic E-state index is 0.0279. The zero-order chi connectivity index (χ0) is 20.8. The van der Waals surface area contributed by atoms with Gasteiger partial charge in [-0.25, -0.2) is 0 Å². The van der Waals surface area contributed by atoms with Gasteiger partial charge in [-0.2, -0.15) is 0 Å². The van der Waals surface area contributed by atoms with E-state index in [9.17, 15) is 9.90 Å². The molecule has 1 fully saturated rings. The molecule has 1 saturated heterocycles. The van der Waals surface area contributed by atoms with Crippen LogP contribution in [0, 0.1) is 11.3 Å². The first-order valence-corrected chi connectivity index (χ1v) is 10.9. The Morgan fingerprint density at radius 3 is 2.38 bits per heavy atom. The van der Waals surface area contributed by atoms with Gasteiger partial charge in [0.1, 0.15) is 0 Å². The van der Waals surface area contributed by atoms with E-state index in [4.69, 9.17) is 34.8 Å². The highest BCUT2D eigenvalue weighted by Crippen LogP contribution is 2.57. The van der Waals surface area contributed by atoms with Crippen molar-refractivity contribution in [2.45, 2.75) is 31.2 Å². The molecule has 1 heterocycles. The van der Waals surface area contributed by atoms with E-state index < -0.39 is 5.41 Å². The van der Waals surface area contributed by atoms with Crippen molar-refractivity contribution in [1.82, 2.24) is 5.32 Å². The molecule has 2 aromatic carbocycles. The van der Waals surface area contributed by atoms with Gasteiger partial charge in [0.05, 0.1) is 18.1 Å². The van der Waals surface area contributed by atoms with Crippen LogP contribution in [0.3, 0.4) is 0 Å². The molecule has 1 aliphatic heterocycles. The molecule has 1 amide bonds. The summed E-state index contributed by atoms with van der Waals surface area (Å²) in [7, 11) is 0. The molecule has 5 atom stereocenters. The summed E-state index contributed by atoms with van der Waals surface area (Å²) in [5.41, 5.74) is 1.35. The first-order chi connectivity index (χ1) is 13.9. The van der Waals surface area contributed by atoms with Crippen LogP contribution >= 0.6 is 34.8 Å². The molecule has 0 saturated carbocycles. The SMILES string of the molecule is CC[C@@]12C=C[C@@H](c3ccc(Cl)cc3Cl)[C@H](c3ccc(Cl)cc3)[C@@H]1[C@@H](CO)NC2=O. The van der Waals surface area contributed by atoms with Crippen LogP contribution in [0.25, 0.3) is 0 Å². The Morgan fingerprint density at radius 1 is 1.07 bits per heavy atom. The second-order valence-corrected chi connectivity index (χ2v) is 9.09. The summed E-state index contributed by atoms with van der Waals surface area (Å²) in [6.07, 6.45) is 4.76. The monoisotopic (exact) mass is 449 g/mol. The van der Waals surface area contributed by atoms with E-state index >= 15 is 0 Å². The topological polar surface area (TPSA) is 49.3 Å². The number of halogens is 3. The predicted octanol–water partition coefficient (Wildman–Crippen LogP) is 5.59. The standard InChI is InChI=1S/C23H22Cl3NO2/c1-2-23-10-9-17(16-8-7-15(25)11-18(16)26)20(13-3-5-14(24)6-4-13)21(23)19(12-28)27-22(23)29/h3-11,17,19-21,28H,2,12H2,1H3,(H,27,29)/t17-,19+,20-,21-,23+/m0/s1. The van der Waals surface area contributed by atoms with Crippen molar-refractivity contribution >= 4 is 40.7 Å². The van der Waals surface area contributed by atoms with Gasteiger partial charge in [0.15, 0.2) is 0 Å². The van der Waals surface area contributed by atoms with Crippen LogP contribution in [0.15, 0.2) is 54.6 Å². The number of nitrogens with one attached hydrogen (secondary N) is 1. The number of aliphatic hydroxyl groups is 1. The molecule has 0 spiro atoms. The zero-order valence-corrected chi connectivity index (χ0v) is 18.2. The fourth-order valence-corrected chi connectivity index (χ4v) is 5.78. The molecule has 0 unspecified atom stereocenters. The Morgan fingerprint density at radius 2 is 1.76 bits per heavy atom. The molecule has 0 aromatic heterocycles. The quantitative estimate of drug-likeness (QED) is 0.597. The molecule has 6 heteroatoms. The Labute approximate surface area is 185 Å². The van der Waals surface area contributed by atoms with E-state index in [2.05, 4.69) is 11.4 Å². The maximum atomic E-state index is 13.0. The summed E-state index contributed by atoms with van der Waals surface area (Å²) < 4.78 is 0. The van der Waals surface area contributed by atoms with Crippen molar-refractivity contribution in [2.24, 2.45) is 11.3 Å². The maximum absolute atomic E-state index is 13.0. The third-order valence-electron chi connectivity index (χ3n) is 6.50. The minimum Gasteiger partial charge on any atom is -0.394 e. The molecule has 2 N–H and O–H groups in total. The number of hydrogen-bond donors (Lipinski definition) is 2. The second kappa shape index (κ2) is 7.96. The maximum Gasteiger partial charge on any atom is 0.230 e. The van der Waals surface area contributed by atoms with Gasteiger partial charge in [0, 0.05) is 32.8 Å². The summed E-state index contributed by atoms with van der Waals surface area (Å²) in [5, 5.41) is 14.9. The van der Waals surface area contributed by atoms with E-state index in [1.165, 1.54) is 0 Å². The van der Waals surface area contributed by atoms with Crippen molar-refractivity contribution < 1.29 is 9.90 Å². The van der Waals surface area contributed by atoms with Crippen molar-refractivity contribution in [1.29, 1.82) is 0 Å². The van der Waals surface area contributed by atoms with Gasteiger partial charge in [0.2, 0.25) is 5.91 Å². The fraction of sp³-hybridized carbons (Fsp3) is 0.348. The average molecular weight is 451 g/mol. The number of amides is 1. The van der Waals surface area contributed by atoms with Crippen LogP contribution in [0.1, 0.15) is 36.3 Å². The van der Waals surface area contributed by atoms with Gasteiger partial charge >= 0.3 is 0 Å². The van der Waals surface area contributed by atoms with Crippen LogP contribution in [-0.4, -0.2) is 23.7 Å². The Hall–Kier alpha value is -1.52. The molecule has 152 valence electrons. The van der Waals surface area contributed by atoms with Crippen LogP contribution in [0.5, 0.6) is 0 Å². The molecule has 3 nitrogen and oxygen atoms in total. The van der Waals surface area contributed by atoms with Crippen molar-refractivity contribution in [3.8, 4) is 0 Å². The van der Waals surface area contributed by atoms with E-state index in [1.54, 1.807) is 6.07 Å². The number of benzene rings is 2. The van der Waals surface area contributed by atoms with Crippen molar-refractivity contribution in [3.05, 3.63) is 80.8 Å². The molecule has 1 aliphatic carbocycles. The summed E-state index contributed by atoms with van der Waals surface area (Å²) in [6.45, 7) is 1.91. The van der Waals surface area contributed by atoms with E-state index in [-0.39, 0.29) is 36.3 Å². The molecule has 0 bridgehead atoms. The Kier molecular flexibility index (Phi) is 5.69. The first kappa shape index (κ1) is 20.7. The van der Waals surface area contributed by atoms with E-state index in [0.717, 1.165) is 11.1 Å². The zero-order valence-electron chi connectivity index (χ0n) is 15.9. The average Bonchev–Trinajstić information content (AvgIpc) is 3.00. The van der Waals surface area contributed by atoms with Crippen molar-refractivity contribution in [3.63, 3.8) is 0 Å². The summed E-state index contributed by atoms with van der Waals surface area (Å²) in [5.74, 6) is -0.271. The summed E-state index contributed by atoms with van der Waals surface area (Å²) in [6, 6.07) is 12.9. The largest absolute Gasteiger partial charge is 0.394 e. The van der Waals surface area contributed by atoms with E-state index in [1.807, 2.05) is 49.4 Å². The van der Waals surface area contributed by atoms with Gasteiger partial charge in [-0.3, -0.25) is 4.79 Å². The van der Waals surface area contributed by atoms with Gasteiger partial charge in [-0.15, -0.1) is 0 Å². The summed E-state index contributed by atoms with van der Waals surface area (Å²) >= 11 is 18.8. The molecular weight excluding hydrogens is 429 g/mol. The van der Waals surface area contributed by atoms with Crippen LogP contribution in [0.2, 0.25) is 15.1 Å². The number of allylic oxidation sites excluding steroid dienone is 1. The lowest BCUT2D eigenvalue weighted by Gasteiger charge is -2.44. The number of carbonyl (C=O) groups is 1. The molecule has 4 rings (SSSR count). The predicted molar refractivity (Wildman–Crippen MR) is 118 cm³/mol. The molecule has 29 heavy (non-hydrogen) atoms. The number of hydrogen-bond acceptors (Lipinski definition) is 2. The number of aliphatic hydroxyl groups excluding tert-OH is 1. The lowest BCUT2D eigenvalue weighted by molar-refractivity contribution is -0.127. The van der Waals surface area contributed by atoms with E-state index in [0.29, 0.717) is 21.5 Å². The lowest BCUT2D eigenvalue weighted by Crippen LogP contribution is -2.42. The minimum atomic E-state index is -0.660. The Bertz CT molecular complexity index is 959. The molecule has 2 aliphatic rings. The Balaban J connectivity index is 1.93. The van der Waals surface area contributed by atoms with Crippen molar-refractivity contribution in [2.75, 3.05) is 6.61 Å². The molecule has 0 radical (unpaired) electrons. The van der Waals surface area contributed by atoms with Gasteiger partial charge in [0.25, 0.3) is 0 Å². The number of rotatable bonds is 4. The lowest BCUT2D eigenvalue weighted by atomic mass is 9.57. The summed E-state index contributed by atoms with van der Waals surface area (Å²) in [4.78, 5) is 13.0. The molecular formula is C23H22Cl3NO2. The highest BCUT2D eigenvalue weighted by atomic mass is 35.5. The fourth-order valence-electron chi connectivity index (χ4n) is 5.12. The molecule has 2 aromatic rings. The number of carbonyl (C=O) groups excluding carboxylic acids is 1. The van der Waals surface area contributed by atoms with Crippen LogP contribution < -0.4 is 5.32 Å². The highest BCUT2D eigenvalue weighted by molar-refractivity contribution is 6.35. The normalized spacial score (nSPS) is 30.9.